The number of rotatable bonds is 10. The number of hydrogen-bond acceptors (Lipinski definition) is 3. The molecule has 0 aromatic rings. The maximum atomic E-state index is 12.0. The van der Waals surface area contributed by atoms with E-state index in [-0.39, 0.29) is 21.8 Å². The third-order valence-corrected chi connectivity index (χ3v) is 14.4. The zero-order chi connectivity index (χ0) is 19.4. The first-order valence-corrected chi connectivity index (χ1v) is 15.2. The number of carbonyl (C=O) groups excluding carboxylic acids is 1. The molecule has 0 aromatic carbocycles. The Morgan fingerprint density at radius 1 is 1.04 bits per heavy atom. The first-order chi connectivity index (χ1) is 10.5. The molecule has 0 radical (unpaired) electrons. The Labute approximate surface area is 152 Å². The molecule has 1 unspecified atom stereocenters. The average Bonchev–Trinajstić information content (AvgIpc) is 2.33. The van der Waals surface area contributed by atoms with Gasteiger partial charge in [0.15, 0.2) is 16.6 Å². The summed E-state index contributed by atoms with van der Waals surface area (Å²) >= 11 is 0. The molecule has 0 amide bonds. The molecule has 144 valence electrons. The van der Waals surface area contributed by atoms with Crippen LogP contribution in [-0.4, -0.2) is 33.8 Å². The van der Waals surface area contributed by atoms with Crippen molar-refractivity contribution in [1.29, 1.82) is 0 Å². The van der Waals surface area contributed by atoms with Gasteiger partial charge in [0.25, 0.3) is 0 Å². The molecule has 1 N–H and O–H groups in total. The molecule has 0 aliphatic heterocycles. The zero-order valence-electron chi connectivity index (χ0n) is 17.9. The van der Waals surface area contributed by atoms with Gasteiger partial charge >= 0.3 is 0 Å². The van der Waals surface area contributed by atoms with Crippen LogP contribution in [0, 0.1) is 5.92 Å². The summed E-state index contributed by atoms with van der Waals surface area (Å²) in [6.45, 7) is 21.9. The third kappa shape index (κ3) is 7.50. The lowest BCUT2D eigenvalue weighted by Gasteiger charge is -2.36. The normalized spacial score (nSPS) is 15.5. The molecule has 0 rings (SSSR count). The Morgan fingerprint density at radius 2 is 1.54 bits per heavy atom. The summed E-state index contributed by atoms with van der Waals surface area (Å²) in [6.07, 6.45) is 3.70. The molecule has 0 aliphatic rings. The Bertz CT molecular complexity index is 372. The minimum absolute atomic E-state index is 0.00796. The largest absolute Gasteiger partial charge is 0.432 e. The lowest BCUT2D eigenvalue weighted by molar-refractivity contribution is -0.121. The van der Waals surface area contributed by atoms with E-state index in [2.05, 4.69) is 47.7 Å². The fraction of sp³-hybridized carbons (Fsp3) is 0.947. The quantitative estimate of drug-likeness (QED) is 0.495. The van der Waals surface area contributed by atoms with Crippen molar-refractivity contribution in [1.82, 2.24) is 0 Å². The Balaban J connectivity index is 4.47. The van der Waals surface area contributed by atoms with Crippen molar-refractivity contribution >= 4 is 22.4 Å². The molecule has 0 bridgehead atoms. The molecule has 0 aromatic heterocycles. The van der Waals surface area contributed by atoms with Crippen LogP contribution in [0.3, 0.4) is 0 Å². The molecule has 3 nitrogen and oxygen atoms in total. The van der Waals surface area contributed by atoms with Crippen molar-refractivity contribution in [3.05, 3.63) is 0 Å². The summed E-state index contributed by atoms with van der Waals surface area (Å²) in [4.78, 5) is 22.3. The third-order valence-electron chi connectivity index (χ3n) is 6.32. The van der Waals surface area contributed by atoms with Crippen molar-refractivity contribution in [3.63, 3.8) is 0 Å². The fourth-order valence-electron chi connectivity index (χ4n) is 2.32. The molecule has 0 saturated heterocycles. The molecule has 0 fully saturated rings. The van der Waals surface area contributed by atoms with Gasteiger partial charge in [-0.25, -0.2) is 0 Å². The predicted molar refractivity (Wildman–Crippen MR) is 110 cm³/mol. The molecular formula is C19H42O3Si2. The highest BCUT2D eigenvalue weighted by Crippen LogP contribution is 2.41. The van der Waals surface area contributed by atoms with Gasteiger partial charge in [-0.05, 0) is 62.5 Å². The first kappa shape index (κ1) is 24.0. The number of hydrogen-bond donors (Lipinski definition) is 1. The van der Waals surface area contributed by atoms with E-state index in [4.69, 9.17) is 4.43 Å². The molecule has 0 aliphatic carbocycles. The molecule has 0 spiro atoms. The van der Waals surface area contributed by atoms with Crippen LogP contribution in [0.15, 0.2) is 0 Å². The van der Waals surface area contributed by atoms with Gasteiger partial charge < -0.3 is 9.22 Å². The summed E-state index contributed by atoms with van der Waals surface area (Å²) in [7, 11) is -3.89. The van der Waals surface area contributed by atoms with Gasteiger partial charge in [-0.1, -0.05) is 41.0 Å². The van der Waals surface area contributed by atoms with Crippen LogP contribution in [0.1, 0.15) is 67.2 Å². The van der Waals surface area contributed by atoms with Crippen molar-refractivity contribution in [2.24, 2.45) is 5.92 Å². The molecule has 5 heteroatoms. The van der Waals surface area contributed by atoms with Crippen LogP contribution in [0.25, 0.3) is 0 Å². The van der Waals surface area contributed by atoms with E-state index in [9.17, 15) is 9.59 Å². The summed E-state index contributed by atoms with van der Waals surface area (Å²) in [5.74, 6) is 0.362. The maximum Gasteiger partial charge on any atom is 0.191 e. The van der Waals surface area contributed by atoms with Gasteiger partial charge in [-0.3, -0.25) is 4.79 Å². The Kier molecular flexibility index (Phi) is 8.61. The molecule has 0 saturated carbocycles. The van der Waals surface area contributed by atoms with E-state index in [1.54, 1.807) is 6.92 Å². The molecular weight excluding hydrogens is 332 g/mol. The lowest BCUT2D eigenvalue weighted by atomic mass is 9.93. The Morgan fingerprint density at radius 3 is 1.92 bits per heavy atom. The molecule has 1 atom stereocenters. The van der Waals surface area contributed by atoms with E-state index in [0.717, 1.165) is 25.7 Å². The standard InChI is InChI=1S/C19H42O3Si2/c1-16(20)17(12-11-14-19(5,6)23(7,8)21)13-15-22-24(9,10)18(2,3)4/h17,21H,11-15H2,1-10H3. The minimum Gasteiger partial charge on any atom is -0.432 e. The highest BCUT2D eigenvalue weighted by Gasteiger charge is 2.38. The van der Waals surface area contributed by atoms with Gasteiger partial charge in [-0.15, -0.1) is 0 Å². The Hall–Kier alpha value is 0.0238. The topological polar surface area (TPSA) is 46.5 Å². The monoisotopic (exact) mass is 374 g/mol. The van der Waals surface area contributed by atoms with E-state index < -0.39 is 16.6 Å². The number of ketones is 1. The van der Waals surface area contributed by atoms with Crippen LogP contribution >= 0.6 is 0 Å². The van der Waals surface area contributed by atoms with Gasteiger partial charge in [0.1, 0.15) is 5.78 Å². The van der Waals surface area contributed by atoms with Crippen LogP contribution in [-0.2, 0) is 9.22 Å². The summed E-state index contributed by atoms with van der Waals surface area (Å²) in [6, 6.07) is 0. The second kappa shape index (κ2) is 8.61. The fourth-order valence-corrected chi connectivity index (χ4v) is 4.17. The lowest BCUT2D eigenvalue weighted by Crippen LogP contribution is -2.41. The first-order valence-electron chi connectivity index (χ1n) is 9.38. The van der Waals surface area contributed by atoms with Crippen molar-refractivity contribution < 1.29 is 14.0 Å². The second-order valence-electron chi connectivity index (χ2n) is 10.0. The highest BCUT2D eigenvalue weighted by atomic mass is 28.4. The van der Waals surface area contributed by atoms with E-state index in [1.807, 2.05) is 13.1 Å². The van der Waals surface area contributed by atoms with Gasteiger partial charge in [0.2, 0.25) is 0 Å². The highest BCUT2D eigenvalue weighted by molar-refractivity contribution is 6.74. The van der Waals surface area contributed by atoms with Gasteiger partial charge in [0.05, 0.1) is 0 Å². The van der Waals surface area contributed by atoms with Gasteiger partial charge in [0, 0.05) is 12.5 Å². The van der Waals surface area contributed by atoms with Crippen LogP contribution in [0.5, 0.6) is 0 Å². The maximum absolute atomic E-state index is 12.0. The summed E-state index contributed by atoms with van der Waals surface area (Å²) in [5, 5.41) is 0.200. The molecule has 0 heterocycles. The van der Waals surface area contributed by atoms with Crippen molar-refractivity contribution in [2.45, 2.75) is 103 Å². The summed E-state index contributed by atoms with van der Waals surface area (Å²) < 4.78 is 6.23. The number of Topliss-reactive ketones (excluding diaryl/α,β-unsaturated/α-hetero) is 1. The van der Waals surface area contributed by atoms with E-state index >= 15 is 0 Å². The van der Waals surface area contributed by atoms with Crippen molar-refractivity contribution in [2.75, 3.05) is 6.61 Å². The van der Waals surface area contributed by atoms with E-state index in [1.165, 1.54) is 0 Å². The predicted octanol–water partition coefficient (Wildman–Crippen LogP) is 5.75. The average molecular weight is 375 g/mol. The van der Waals surface area contributed by atoms with E-state index in [0.29, 0.717) is 6.61 Å². The second-order valence-corrected chi connectivity index (χ2v) is 19.3. The summed E-state index contributed by atoms with van der Waals surface area (Å²) in [5.41, 5.74) is 0. The smallest absolute Gasteiger partial charge is 0.191 e. The van der Waals surface area contributed by atoms with Gasteiger partial charge in [-0.2, -0.15) is 0 Å². The van der Waals surface area contributed by atoms with Crippen LogP contribution in [0.2, 0.25) is 36.3 Å². The molecule has 24 heavy (non-hydrogen) atoms. The zero-order valence-corrected chi connectivity index (χ0v) is 19.9. The minimum atomic E-state index is -2.16. The van der Waals surface area contributed by atoms with Crippen LogP contribution in [0.4, 0.5) is 0 Å². The number of carbonyl (C=O) groups is 1. The van der Waals surface area contributed by atoms with Crippen LogP contribution < -0.4 is 0 Å². The SMILES string of the molecule is CC(=O)C(CCCC(C)(C)[Si](C)(C)O)CCO[Si](C)(C)C(C)(C)C. The van der Waals surface area contributed by atoms with Crippen molar-refractivity contribution in [3.8, 4) is 0 Å².